The largest absolute Gasteiger partial charge is 0.450 e. The Kier molecular flexibility index (Phi) is 7.52. The van der Waals surface area contributed by atoms with E-state index in [0.717, 1.165) is 24.3 Å². The number of ether oxygens (including phenoxy) is 1. The fraction of sp³-hybridized carbons (Fsp3) is 0.0833. The smallest absolute Gasteiger partial charge is 0.416 e. The van der Waals surface area contributed by atoms with E-state index < -0.39 is 51.3 Å². The predicted octanol–water partition coefficient (Wildman–Crippen LogP) is 6.97. The van der Waals surface area contributed by atoms with Crippen LogP contribution >= 0.6 is 0 Å². The summed E-state index contributed by atoms with van der Waals surface area (Å²) in [5.41, 5.74) is -3.45. The molecule has 7 nitrogen and oxygen atoms in total. The molecule has 0 aliphatic carbocycles. The van der Waals surface area contributed by atoms with Gasteiger partial charge in [-0.2, -0.15) is 31.6 Å². The number of hydrogen-bond donors (Lipinski definition) is 1. The SMILES string of the molecule is N#C/C(=C\c1ccc(Oc2ccc(C(F)(F)F)cc2[N+](=O)[O-])cc1)C(=O)Nc1cccc(C(F)(F)F)c1. The van der Waals surface area contributed by atoms with E-state index in [0.29, 0.717) is 18.2 Å². The number of benzene rings is 3. The number of carbonyl (C=O) groups excluding carboxylic acids is 1. The number of nitrogens with one attached hydrogen (secondary N) is 1. The third-order valence-corrected chi connectivity index (χ3v) is 4.71. The molecule has 0 saturated heterocycles. The van der Waals surface area contributed by atoms with E-state index in [4.69, 9.17) is 4.74 Å². The Hall–Kier alpha value is -4.86. The third kappa shape index (κ3) is 6.85. The minimum atomic E-state index is -4.79. The zero-order valence-electron chi connectivity index (χ0n) is 18.2. The van der Waals surface area contributed by atoms with Crippen molar-refractivity contribution in [2.75, 3.05) is 5.32 Å². The van der Waals surface area contributed by atoms with Crippen LogP contribution in [0.25, 0.3) is 6.08 Å². The molecule has 0 aliphatic rings. The highest BCUT2D eigenvalue weighted by Gasteiger charge is 2.33. The molecule has 0 fully saturated rings. The van der Waals surface area contributed by atoms with Gasteiger partial charge in [-0.1, -0.05) is 18.2 Å². The van der Waals surface area contributed by atoms with E-state index >= 15 is 0 Å². The molecule has 0 radical (unpaired) electrons. The Labute approximate surface area is 204 Å². The van der Waals surface area contributed by atoms with Crippen LogP contribution in [0.3, 0.4) is 0 Å². The van der Waals surface area contributed by atoms with Crippen LogP contribution in [0.4, 0.5) is 37.7 Å². The summed E-state index contributed by atoms with van der Waals surface area (Å²) in [6.45, 7) is 0. The molecule has 0 bridgehead atoms. The lowest BCUT2D eigenvalue weighted by Crippen LogP contribution is -2.14. The summed E-state index contributed by atoms with van der Waals surface area (Å²) in [6, 6.07) is 12.5. The van der Waals surface area contributed by atoms with Gasteiger partial charge in [0.2, 0.25) is 5.75 Å². The number of amides is 1. The van der Waals surface area contributed by atoms with E-state index in [1.54, 1.807) is 6.07 Å². The molecule has 0 aliphatic heterocycles. The minimum absolute atomic E-state index is 0.00642. The van der Waals surface area contributed by atoms with Gasteiger partial charge in [0.15, 0.2) is 0 Å². The summed E-state index contributed by atoms with van der Waals surface area (Å²) < 4.78 is 82.4. The molecule has 3 aromatic carbocycles. The lowest BCUT2D eigenvalue weighted by Gasteiger charge is -2.10. The van der Waals surface area contributed by atoms with Gasteiger partial charge in [-0.15, -0.1) is 0 Å². The average Bonchev–Trinajstić information content (AvgIpc) is 2.82. The van der Waals surface area contributed by atoms with Gasteiger partial charge < -0.3 is 10.1 Å². The molecule has 1 amide bonds. The van der Waals surface area contributed by atoms with Gasteiger partial charge >= 0.3 is 18.0 Å². The normalized spacial score (nSPS) is 12.0. The molecule has 37 heavy (non-hydrogen) atoms. The molecular formula is C24H13F6N3O4. The number of nitriles is 1. The first-order chi connectivity index (χ1) is 17.3. The van der Waals surface area contributed by atoms with Crippen molar-refractivity contribution in [3.63, 3.8) is 0 Å². The first-order valence-electron chi connectivity index (χ1n) is 10.0. The molecule has 0 saturated carbocycles. The Bertz CT molecular complexity index is 1410. The Balaban J connectivity index is 1.78. The number of rotatable bonds is 6. The van der Waals surface area contributed by atoms with Gasteiger partial charge in [0.1, 0.15) is 17.4 Å². The number of hydrogen-bond acceptors (Lipinski definition) is 5. The highest BCUT2D eigenvalue weighted by molar-refractivity contribution is 6.09. The summed E-state index contributed by atoms with van der Waals surface area (Å²) in [7, 11) is 0. The second-order valence-electron chi connectivity index (χ2n) is 7.31. The fourth-order valence-corrected chi connectivity index (χ4v) is 2.97. The first-order valence-corrected chi connectivity index (χ1v) is 10.0. The number of alkyl halides is 6. The van der Waals surface area contributed by atoms with Crippen LogP contribution in [0.15, 0.2) is 72.3 Å². The number of nitrogens with zero attached hydrogens (tertiary/aromatic N) is 2. The Morgan fingerprint density at radius 3 is 2.14 bits per heavy atom. The molecular weight excluding hydrogens is 508 g/mol. The van der Waals surface area contributed by atoms with Gasteiger partial charge in [-0.05, 0) is 54.1 Å². The molecule has 0 spiro atoms. The molecule has 1 N–H and O–H groups in total. The number of carbonyl (C=O) groups is 1. The van der Waals surface area contributed by atoms with Gasteiger partial charge in [0.25, 0.3) is 5.91 Å². The van der Waals surface area contributed by atoms with Crippen molar-refractivity contribution in [1.29, 1.82) is 5.26 Å². The van der Waals surface area contributed by atoms with Crippen LogP contribution in [0.5, 0.6) is 11.5 Å². The lowest BCUT2D eigenvalue weighted by atomic mass is 10.1. The summed E-state index contributed by atoms with van der Waals surface area (Å²) in [6.07, 6.45) is -8.28. The highest BCUT2D eigenvalue weighted by Crippen LogP contribution is 2.38. The second-order valence-corrected chi connectivity index (χ2v) is 7.31. The number of nitro groups is 1. The molecule has 0 unspecified atom stereocenters. The van der Waals surface area contributed by atoms with Gasteiger partial charge in [0.05, 0.1) is 16.1 Å². The van der Waals surface area contributed by atoms with E-state index in [1.807, 2.05) is 0 Å². The van der Waals surface area contributed by atoms with Crippen LogP contribution in [-0.2, 0) is 17.1 Å². The maximum absolute atomic E-state index is 12.8. The van der Waals surface area contributed by atoms with E-state index in [9.17, 15) is 46.5 Å². The van der Waals surface area contributed by atoms with Crippen molar-refractivity contribution in [3.05, 3.63) is 99.1 Å². The van der Waals surface area contributed by atoms with Gasteiger partial charge in [-0.25, -0.2) is 0 Å². The van der Waals surface area contributed by atoms with Crippen molar-refractivity contribution >= 4 is 23.4 Å². The maximum atomic E-state index is 12.8. The molecule has 3 rings (SSSR count). The summed E-state index contributed by atoms with van der Waals surface area (Å²) in [4.78, 5) is 22.5. The van der Waals surface area contributed by atoms with Crippen LogP contribution < -0.4 is 10.1 Å². The van der Waals surface area contributed by atoms with Crippen LogP contribution in [0.2, 0.25) is 0 Å². The monoisotopic (exact) mass is 521 g/mol. The summed E-state index contributed by atoms with van der Waals surface area (Å²) in [5, 5.41) is 22.7. The topological polar surface area (TPSA) is 105 Å². The number of anilines is 1. The minimum Gasteiger partial charge on any atom is -0.450 e. The van der Waals surface area contributed by atoms with Gasteiger partial charge in [-0.3, -0.25) is 14.9 Å². The van der Waals surface area contributed by atoms with E-state index in [1.165, 1.54) is 30.3 Å². The van der Waals surface area contributed by atoms with E-state index in [-0.39, 0.29) is 17.0 Å². The van der Waals surface area contributed by atoms with Crippen molar-refractivity contribution in [1.82, 2.24) is 0 Å². The zero-order chi connectivity index (χ0) is 27.4. The second kappa shape index (κ2) is 10.4. The van der Waals surface area contributed by atoms with Gasteiger partial charge in [0, 0.05) is 11.8 Å². The molecule has 0 aromatic heterocycles. The average molecular weight is 521 g/mol. The van der Waals surface area contributed by atoms with Crippen LogP contribution in [0, 0.1) is 21.4 Å². The van der Waals surface area contributed by atoms with E-state index in [2.05, 4.69) is 5.32 Å². The first kappa shape index (κ1) is 26.7. The quantitative estimate of drug-likeness (QED) is 0.124. The summed E-state index contributed by atoms with van der Waals surface area (Å²) in [5.74, 6) is -1.41. The van der Waals surface area contributed by atoms with Crippen LogP contribution in [0.1, 0.15) is 16.7 Å². The van der Waals surface area contributed by atoms with Crippen molar-refractivity contribution in [2.24, 2.45) is 0 Å². The molecule has 0 atom stereocenters. The number of nitro benzene ring substituents is 1. The highest BCUT2D eigenvalue weighted by atomic mass is 19.4. The molecule has 0 heterocycles. The fourth-order valence-electron chi connectivity index (χ4n) is 2.97. The Morgan fingerprint density at radius 2 is 1.57 bits per heavy atom. The molecule has 13 heteroatoms. The third-order valence-electron chi connectivity index (χ3n) is 4.71. The van der Waals surface area contributed by atoms with Crippen LogP contribution in [-0.4, -0.2) is 10.8 Å². The standard InChI is InChI=1S/C24H13F6N3O4/c25-23(26,27)16-2-1-3-18(11-16)32-22(34)15(13-31)10-14-4-7-19(8-5-14)37-21-9-6-17(24(28,29)30)12-20(21)33(35)36/h1-12H,(H,32,34)/b15-10+. The lowest BCUT2D eigenvalue weighted by molar-refractivity contribution is -0.385. The zero-order valence-corrected chi connectivity index (χ0v) is 18.2. The Morgan fingerprint density at radius 1 is 0.946 bits per heavy atom. The number of halogens is 6. The van der Waals surface area contributed by atoms with Crippen molar-refractivity contribution in [3.8, 4) is 17.6 Å². The maximum Gasteiger partial charge on any atom is 0.416 e. The molecule has 190 valence electrons. The molecule has 3 aromatic rings. The van der Waals surface area contributed by atoms with Crippen molar-refractivity contribution < 1.29 is 40.8 Å². The predicted molar refractivity (Wildman–Crippen MR) is 118 cm³/mol. The summed E-state index contributed by atoms with van der Waals surface area (Å²) >= 11 is 0. The van der Waals surface area contributed by atoms with Crippen molar-refractivity contribution in [2.45, 2.75) is 12.4 Å².